The highest BCUT2D eigenvalue weighted by Gasteiger charge is 2.05. The second kappa shape index (κ2) is 12.3. The molecule has 0 heterocycles. The smallest absolute Gasteiger partial charge is 0.221 e. The second-order valence-corrected chi connectivity index (χ2v) is 4.60. The van der Waals surface area contributed by atoms with E-state index in [9.17, 15) is 9.90 Å². The Morgan fingerprint density at radius 1 is 1.26 bits per heavy atom. The summed E-state index contributed by atoms with van der Waals surface area (Å²) in [7, 11) is 0. The van der Waals surface area contributed by atoms with Gasteiger partial charge in [-0.3, -0.25) is 4.79 Å². The van der Waals surface area contributed by atoms with E-state index in [1.54, 1.807) is 0 Å². The minimum Gasteiger partial charge on any atom is -0.389 e. The van der Waals surface area contributed by atoms with Crippen molar-refractivity contribution >= 4 is 5.91 Å². The van der Waals surface area contributed by atoms with Crippen molar-refractivity contribution in [3.05, 3.63) is 0 Å². The molecule has 6 heteroatoms. The van der Waals surface area contributed by atoms with E-state index in [1.165, 1.54) is 0 Å². The number of aliphatic hydroxyl groups excluding tert-OH is 1. The predicted octanol–water partition coefficient (Wildman–Crippen LogP) is -0.0953. The van der Waals surface area contributed by atoms with Crippen molar-refractivity contribution in [3.63, 3.8) is 0 Å². The van der Waals surface area contributed by atoms with Crippen LogP contribution < -0.4 is 10.6 Å². The summed E-state index contributed by atoms with van der Waals surface area (Å²) in [5, 5.41) is 15.4. The molecule has 0 aliphatic rings. The Balaban J connectivity index is 3.33. The summed E-state index contributed by atoms with van der Waals surface area (Å²) in [5.74, 6) is 0.0185. The lowest BCUT2D eigenvalue weighted by molar-refractivity contribution is -0.121. The summed E-state index contributed by atoms with van der Waals surface area (Å²) in [5.41, 5.74) is 0. The molecule has 0 aliphatic carbocycles. The molecule has 0 saturated heterocycles. The number of carbonyl (C=O) groups excluding carboxylic acids is 1. The van der Waals surface area contributed by atoms with E-state index in [1.807, 2.05) is 20.8 Å². The highest BCUT2D eigenvalue weighted by molar-refractivity contribution is 5.76. The van der Waals surface area contributed by atoms with Crippen LogP contribution in [0.1, 0.15) is 27.2 Å². The lowest BCUT2D eigenvalue weighted by Gasteiger charge is -2.13. The molecule has 0 saturated carbocycles. The molecule has 1 atom stereocenters. The van der Waals surface area contributed by atoms with Gasteiger partial charge < -0.3 is 25.2 Å². The fraction of sp³-hybridized carbons (Fsp3) is 0.923. The fourth-order valence-corrected chi connectivity index (χ4v) is 1.41. The Bertz CT molecular complexity index is 225. The maximum Gasteiger partial charge on any atom is 0.221 e. The van der Waals surface area contributed by atoms with Gasteiger partial charge in [-0.2, -0.15) is 0 Å². The molecule has 114 valence electrons. The number of aliphatic hydroxyl groups is 1. The molecule has 0 aromatic rings. The van der Waals surface area contributed by atoms with Crippen LogP contribution in [0.3, 0.4) is 0 Å². The highest BCUT2D eigenvalue weighted by Crippen LogP contribution is 1.87. The van der Waals surface area contributed by atoms with E-state index in [0.29, 0.717) is 39.3 Å². The summed E-state index contributed by atoms with van der Waals surface area (Å²) in [4.78, 5) is 11.3. The Morgan fingerprint density at radius 3 is 2.58 bits per heavy atom. The normalized spacial score (nSPS) is 12.7. The van der Waals surface area contributed by atoms with Gasteiger partial charge in [-0.15, -0.1) is 0 Å². The Hall–Kier alpha value is -0.690. The molecule has 0 bridgehead atoms. The number of hydrogen-bond donors (Lipinski definition) is 3. The zero-order chi connectivity index (χ0) is 14.5. The number of rotatable bonds is 12. The second-order valence-electron chi connectivity index (χ2n) is 4.60. The van der Waals surface area contributed by atoms with Crippen molar-refractivity contribution in [1.29, 1.82) is 0 Å². The van der Waals surface area contributed by atoms with Gasteiger partial charge in [0.2, 0.25) is 5.91 Å². The van der Waals surface area contributed by atoms with E-state index < -0.39 is 6.10 Å². The van der Waals surface area contributed by atoms with Gasteiger partial charge in [0, 0.05) is 32.2 Å². The minimum atomic E-state index is -0.560. The van der Waals surface area contributed by atoms with E-state index in [0.717, 1.165) is 0 Å². The topological polar surface area (TPSA) is 79.8 Å². The minimum absolute atomic E-state index is 0.0185. The molecular weight excluding hydrogens is 248 g/mol. The molecule has 0 radical (unpaired) electrons. The van der Waals surface area contributed by atoms with Gasteiger partial charge in [-0.05, 0) is 20.8 Å². The number of ether oxygens (including phenoxy) is 2. The van der Waals surface area contributed by atoms with E-state index in [-0.39, 0.29) is 18.6 Å². The highest BCUT2D eigenvalue weighted by atomic mass is 16.5. The number of amides is 1. The molecule has 0 rings (SSSR count). The van der Waals surface area contributed by atoms with Crippen molar-refractivity contribution in [3.8, 4) is 0 Å². The van der Waals surface area contributed by atoms with Gasteiger partial charge in [0.25, 0.3) is 0 Å². The molecule has 0 aliphatic heterocycles. The number of nitrogens with one attached hydrogen (secondary N) is 2. The first-order chi connectivity index (χ1) is 9.06. The molecule has 0 aromatic carbocycles. The predicted molar refractivity (Wildman–Crippen MR) is 74.1 cm³/mol. The summed E-state index contributed by atoms with van der Waals surface area (Å²) in [6.45, 7) is 8.73. The average molecular weight is 276 g/mol. The number of carbonyl (C=O) groups is 1. The molecule has 1 amide bonds. The molecule has 3 N–H and O–H groups in total. The van der Waals surface area contributed by atoms with Crippen LogP contribution in [0.5, 0.6) is 0 Å². The monoisotopic (exact) mass is 276 g/mol. The Labute approximate surface area is 115 Å². The first kappa shape index (κ1) is 18.3. The largest absolute Gasteiger partial charge is 0.389 e. The van der Waals surface area contributed by atoms with E-state index in [4.69, 9.17) is 9.47 Å². The van der Waals surface area contributed by atoms with Gasteiger partial charge in [0.1, 0.15) is 0 Å². The van der Waals surface area contributed by atoms with Crippen molar-refractivity contribution in [2.45, 2.75) is 39.3 Å². The molecular formula is C13H28N2O4. The average Bonchev–Trinajstić information content (AvgIpc) is 2.33. The fourth-order valence-electron chi connectivity index (χ4n) is 1.41. The van der Waals surface area contributed by atoms with Crippen LogP contribution in [0, 0.1) is 0 Å². The van der Waals surface area contributed by atoms with E-state index in [2.05, 4.69) is 10.6 Å². The summed E-state index contributed by atoms with van der Waals surface area (Å²) in [6, 6.07) is 0.164. The third-order valence-corrected chi connectivity index (χ3v) is 2.24. The summed E-state index contributed by atoms with van der Waals surface area (Å²) in [6.07, 6.45) is -0.148. The molecule has 6 nitrogen and oxygen atoms in total. The standard InChI is InChI=1S/C13H28N2O4/c1-4-18-7-8-19-10-12(16)9-14-6-5-13(17)15-11(2)3/h11-12,14,16H,4-10H2,1-3H3,(H,15,17). The van der Waals surface area contributed by atoms with Gasteiger partial charge in [-0.25, -0.2) is 0 Å². The third kappa shape index (κ3) is 13.5. The zero-order valence-electron chi connectivity index (χ0n) is 12.3. The van der Waals surface area contributed by atoms with Crippen LogP contribution in [-0.2, 0) is 14.3 Å². The summed E-state index contributed by atoms with van der Waals surface area (Å²) >= 11 is 0. The van der Waals surface area contributed by atoms with Crippen LogP contribution in [0.4, 0.5) is 0 Å². The van der Waals surface area contributed by atoms with Gasteiger partial charge in [0.15, 0.2) is 0 Å². The maximum absolute atomic E-state index is 11.3. The molecule has 0 fully saturated rings. The van der Waals surface area contributed by atoms with Gasteiger partial charge in [0.05, 0.1) is 25.9 Å². The molecule has 0 spiro atoms. The van der Waals surface area contributed by atoms with Crippen LogP contribution in [0.2, 0.25) is 0 Å². The van der Waals surface area contributed by atoms with Gasteiger partial charge >= 0.3 is 0 Å². The first-order valence-corrected chi connectivity index (χ1v) is 6.89. The summed E-state index contributed by atoms with van der Waals surface area (Å²) < 4.78 is 10.3. The molecule has 19 heavy (non-hydrogen) atoms. The Morgan fingerprint density at radius 2 is 1.95 bits per heavy atom. The SMILES string of the molecule is CCOCCOCC(O)CNCCC(=O)NC(C)C. The maximum atomic E-state index is 11.3. The lowest BCUT2D eigenvalue weighted by atomic mass is 10.3. The van der Waals surface area contributed by atoms with Crippen molar-refractivity contribution in [2.24, 2.45) is 0 Å². The van der Waals surface area contributed by atoms with Crippen molar-refractivity contribution in [1.82, 2.24) is 10.6 Å². The first-order valence-electron chi connectivity index (χ1n) is 6.89. The van der Waals surface area contributed by atoms with E-state index >= 15 is 0 Å². The van der Waals surface area contributed by atoms with Crippen molar-refractivity contribution in [2.75, 3.05) is 39.5 Å². The molecule has 1 unspecified atom stereocenters. The van der Waals surface area contributed by atoms with Crippen LogP contribution >= 0.6 is 0 Å². The van der Waals surface area contributed by atoms with Crippen molar-refractivity contribution < 1.29 is 19.4 Å². The van der Waals surface area contributed by atoms with Crippen LogP contribution in [-0.4, -0.2) is 62.7 Å². The zero-order valence-corrected chi connectivity index (χ0v) is 12.3. The molecule has 0 aromatic heterocycles. The Kier molecular flexibility index (Phi) is 11.9. The van der Waals surface area contributed by atoms with Crippen LogP contribution in [0.25, 0.3) is 0 Å². The number of hydrogen-bond acceptors (Lipinski definition) is 5. The third-order valence-electron chi connectivity index (χ3n) is 2.24. The quantitative estimate of drug-likeness (QED) is 0.434. The van der Waals surface area contributed by atoms with Gasteiger partial charge in [-0.1, -0.05) is 0 Å². The lowest BCUT2D eigenvalue weighted by Crippen LogP contribution is -2.35. The van der Waals surface area contributed by atoms with Crippen LogP contribution in [0.15, 0.2) is 0 Å².